The Morgan fingerprint density at radius 2 is 1.95 bits per heavy atom. The minimum atomic E-state index is 0.789. The van der Waals surface area contributed by atoms with Gasteiger partial charge in [-0.1, -0.05) is 30.7 Å². The summed E-state index contributed by atoms with van der Waals surface area (Å²) in [5, 5.41) is 4.14. The molecule has 2 rings (SSSR count). The number of benzene rings is 1. The summed E-state index contributed by atoms with van der Waals surface area (Å²) in [5.74, 6) is 0. The van der Waals surface area contributed by atoms with Gasteiger partial charge < -0.3 is 10.2 Å². The first-order chi connectivity index (χ1) is 9.72. The molecule has 1 aromatic heterocycles. The molecular weight excluding hydrogens is 270 g/mol. The van der Waals surface area contributed by atoms with Crippen LogP contribution in [0, 0.1) is 0 Å². The van der Waals surface area contributed by atoms with E-state index in [9.17, 15) is 0 Å². The fourth-order valence-corrected chi connectivity index (χ4v) is 2.57. The predicted octanol–water partition coefficient (Wildman–Crippen LogP) is 3.48. The average molecular weight is 290 g/mol. The number of hydrogen-bond acceptors (Lipinski definition) is 3. The molecule has 0 spiro atoms. The molecule has 3 nitrogen and oxygen atoms in total. The minimum Gasteiger partial charge on any atom is -0.369 e. The molecule has 4 heteroatoms. The van der Waals surface area contributed by atoms with Crippen LogP contribution in [-0.2, 0) is 13.1 Å². The van der Waals surface area contributed by atoms with Crippen molar-refractivity contribution in [3.63, 3.8) is 0 Å². The molecule has 0 fully saturated rings. The molecule has 20 heavy (non-hydrogen) atoms. The van der Waals surface area contributed by atoms with Gasteiger partial charge in [0.2, 0.25) is 0 Å². The molecule has 0 amide bonds. The fourth-order valence-electron chi connectivity index (χ4n) is 2.23. The van der Waals surface area contributed by atoms with Crippen molar-refractivity contribution in [2.75, 3.05) is 18.5 Å². The van der Waals surface area contributed by atoms with E-state index in [0.717, 1.165) is 30.3 Å². The third kappa shape index (κ3) is 3.71. The van der Waals surface area contributed by atoms with Gasteiger partial charge in [0.15, 0.2) is 0 Å². The van der Waals surface area contributed by atoms with Crippen LogP contribution in [0.2, 0.25) is 5.02 Å². The smallest absolute Gasteiger partial charge is 0.0642 e. The lowest BCUT2D eigenvalue weighted by molar-refractivity contribution is 0.723. The van der Waals surface area contributed by atoms with Gasteiger partial charge in [0.1, 0.15) is 0 Å². The summed E-state index contributed by atoms with van der Waals surface area (Å²) in [6.07, 6.45) is 3.63. The Balaban J connectivity index is 2.21. The number of nitrogens with zero attached hydrogens (tertiary/aromatic N) is 2. The van der Waals surface area contributed by atoms with Gasteiger partial charge in [0, 0.05) is 32.5 Å². The van der Waals surface area contributed by atoms with Crippen LogP contribution in [-0.4, -0.2) is 18.6 Å². The van der Waals surface area contributed by atoms with Crippen LogP contribution >= 0.6 is 11.6 Å². The number of hydrogen-bond donors (Lipinski definition) is 1. The molecule has 1 heterocycles. The molecule has 1 aromatic carbocycles. The van der Waals surface area contributed by atoms with E-state index in [1.165, 1.54) is 11.1 Å². The van der Waals surface area contributed by atoms with Gasteiger partial charge in [0.25, 0.3) is 0 Å². The third-order valence-electron chi connectivity index (χ3n) is 3.19. The standard InChI is InChI=1S/C16H20ClN3/c1-3-18-11-14-5-4-6-15(17)16(14)20(2)12-13-7-9-19-10-8-13/h4-10,18H,3,11-12H2,1-2H3. The van der Waals surface area contributed by atoms with Crippen LogP contribution < -0.4 is 10.2 Å². The highest BCUT2D eigenvalue weighted by Crippen LogP contribution is 2.30. The van der Waals surface area contributed by atoms with Crippen LogP contribution in [0.1, 0.15) is 18.1 Å². The largest absolute Gasteiger partial charge is 0.369 e. The first-order valence-corrected chi connectivity index (χ1v) is 7.18. The number of halogens is 1. The van der Waals surface area contributed by atoms with Gasteiger partial charge in [-0.15, -0.1) is 0 Å². The Morgan fingerprint density at radius 3 is 2.65 bits per heavy atom. The van der Waals surface area contributed by atoms with Crippen LogP contribution in [0.3, 0.4) is 0 Å². The molecule has 2 aromatic rings. The van der Waals surface area contributed by atoms with Crippen molar-refractivity contribution in [3.05, 3.63) is 58.9 Å². The van der Waals surface area contributed by atoms with Crippen molar-refractivity contribution in [2.45, 2.75) is 20.0 Å². The number of para-hydroxylation sites is 1. The summed E-state index contributed by atoms with van der Waals surface area (Å²) in [4.78, 5) is 6.23. The zero-order valence-electron chi connectivity index (χ0n) is 11.9. The van der Waals surface area contributed by atoms with E-state index in [1.807, 2.05) is 36.7 Å². The van der Waals surface area contributed by atoms with Crippen molar-refractivity contribution < 1.29 is 0 Å². The lowest BCUT2D eigenvalue weighted by Crippen LogP contribution is -2.21. The molecule has 0 atom stereocenters. The second kappa shape index (κ2) is 7.27. The van der Waals surface area contributed by atoms with Gasteiger partial charge >= 0.3 is 0 Å². The lowest BCUT2D eigenvalue weighted by atomic mass is 10.1. The van der Waals surface area contributed by atoms with E-state index in [1.54, 1.807) is 0 Å². The van der Waals surface area contributed by atoms with E-state index >= 15 is 0 Å². The monoisotopic (exact) mass is 289 g/mol. The second-order valence-electron chi connectivity index (χ2n) is 4.74. The summed E-state index contributed by atoms with van der Waals surface area (Å²) in [7, 11) is 2.07. The molecular formula is C16H20ClN3. The maximum absolute atomic E-state index is 6.39. The number of pyridine rings is 1. The van der Waals surface area contributed by atoms with Crippen molar-refractivity contribution in [1.82, 2.24) is 10.3 Å². The quantitative estimate of drug-likeness (QED) is 0.882. The summed E-state index contributed by atoms with van der Waals surface area (Å²) in [5.41, 5.74) is 3.53. The zero-order valence-corrected chi connectivity index (χ0v) is 12.7. The van der Waals surface area contributed by atoms with E-state index in [2.05, 4.69) is 35.2 Å². The number of rotatable bonds is 6. The molecule has 0 aliphatic heterocycles. The molecule has 0 aliphatic carbocycles. The Hall–Kier alpha value is -1.58. The maximum atomic E-state index is 6.39. The molecule has 0 bridgehead atoms. The Kier molecular flexibility index (Phi) is 5.39. The topological polar surface area (TPSA) is 28.2 Å². The van der Waals surface area contributed by atoms with Crippen molar-refractivity contribution >= 4 is 17.3 Å². The highest BCUT2D eigenvalue weighted by molar-refractivity contribution is 6.33. The maximum Gasteiger partial charge on any atom is 0.0642 e. The van der Waals surface area contributed by atoms with Crippen LogP contribution in [0.15, 0.2) is 42.7 Å². The minimum absolute atomic E-state index is 0.789. The second-order valence-corrected chi connectivity index (χ2v) is 5.15. The fraction of sp³-hybridized carbons (Fsp3) is 0.312. The van der Waals surface area contributed by atoms with Crippen LogP contribution in [0.5, 0.6) is 0 Å². The normalized spacial score (nSPS) is 10.6. The zero-order chi connectivity index (χ0) is 14.4. The van der Waals surface area contributed by atoms with Crippen molar-refractivity contribution in [3.8, 4) is 0 Å². The van der Waals surface area contributed by atoms with Gasteiger partial charge in [-0.05, 0) is 35.9 Å². The summed E-state index contributed by atoms with van der Waals surface area (Å²) < 4.78 is 0. The molecule has 106 valence electrons. The average Bonchev–Trinajstić information content (AvgIpc) is 2.46. The molecule has 1 N–H and O–H groups in total. The Bertz CT molecular complexity index is 543. The first kappa shape index (κ1) is 14.8. The highest BCUT2D eigenvalue weighted by atomic mass is 35.5. The molecule has 0 saturated heterocycles. The Morgan fingerprint density at radius 1 is 1.20 bits per heavy atom. The van der Waals surface area contributed by atoms with Crippen molar-refractivity contribution in [1.29, 1.82) is 0 Å². The van der Waals surface area contributed by atoms with E-state index < -0.39 is 0 Å². The van der Waals surface area contributed by atoms with Gasteiger partial charge in [0.05, 0.1) is 10.7 Å². The van der Waals surface area contributed by atoms with Crippen LogP contribution in [0.4, 0.5) is 5.69 Å². The van der Waals surface area contributed by atoms with E-state index in [4.69, 9.17) is 11.6 Å². The van der Waals surface area contributed by atoms with Crippen LogP contribution in [0.25, 0.3) is 0 Å². The summed E-state index contributed by atoms with van der Waals surface area (Å²) in [6.45, 7) is 4.68. The molecule has 0 radical (unpaired) electrons. The van der Waals surface area contributed by atoms with Gasteiger partial charge in [-0.25, -0.2) is 0 Å². The highest BCUT2D eigenvalue weighted by Gasteiger charge is 2.11. The Labute approximate surface area is 125 Å². The molecule has 0 unspecified atom stereocenters. The summed E-state index contributed by atoms with van der Waals surface area (Å²) in [6, 6.07) is 10.1. The first-order valence-electron chi connectivity index (χ1n) is 6.80. The SMILES string of the molecule is CCNCc1cccc(Cl)c1N(C)Cc1ccncc1. The lowest BCUT2D eigenvalue weighted by Gasteiger charge is -2.24. The van der Waals surface area contributed by atoms with Gasteiger partial charge in [-0.3, -0.25) is 4.98 Å². The number of anilines is 1. The van der Waals surface area contributed by atoms with Gasteiger partial charge in [-0.2, -0.15) is 0 Å². The third-order valence-corrected chi connectivity index (χ3v) is 3.49. The number of nitrogens with one attached hydrogen (secondary N) is 1. The molecule has 0 saturated carbocycles. The molecule has 0 aliphatic rings. The van der Waals surface area contributed by atoms with Crippen molar-refractivity contribution in [2.24, 2.45) is 0 Å². The van der Waals surface area contributed by atoms with E-state index in [-0.39, 0.29) is 0 Å². The number of aromatic nitrogens is 1. The van der Waals surface area contributed by atoms with E-state index in [0.29, 0.717) is 0 Å². The summed E-state index contributed by atoms with van der Waals surface area (Å²) >= 11 is 6.39. The predicted molar refractivity (Wildman–Crippen MR) is 85.2 cm³/mol.